The molecule has 6 heteroatoms. The van der Waals surface area contributed by atoms with Gasteiger partial charge in [-0.2, -0.15) is 0 Å². The van der Waals surface area contributed by atoms with Crippen LogP contribution in [0.1, 0.15) is 0 Å². The van der Waals surface area contributed by atoms with Gasteiger partial charge in [0.25, 0.3) is 6.47 Å². The number of carboxylic acid groups (broad SMARTS) is 1. The van der Waals surface area contributed by atoms with Gasteiger partial charge in [-0.3, -0.25) is 4.79 Å². The maximum Gasteiger partial charge on any atom is 0.290 e. The zero-order chi connectivity index (χ0) is 10.4. The lowest BCUT2D eigenvalue weighted by Gasteiger charge is -2.00. The van der Waals surface area contributed by atoms with Crippen molar-refractivity contribution in [3.8, 4) is 23.0 Å². The van der Waals surface area contributed by atoms with E-state index in [-0.39, 0.29) is 6.47 Å². The van der Waals surface area contributed by atoms with Crippen LogP contribution in [0.15, 0.2) is 12.1 Å². The molecule has 0 heterocycles. The zero-order valence-corrected chi connectivity index (χ0v) is 6.38. The van der Waals surface area contributed by atoms with Crippen molar-refractivity contribution < 1.29 is 30.3 Å². The standard InChI is InChI=1S/C6H6O4.CH2O2/c7-3-1-2-4(8)6(10)5(3)9;2-1-3/h1-2,7-10H;1H,(H,2,3). The first kappa shape index (κ1) is 10.9. The van der Waals surface area contributed by atoms with E-state index >= 15 is 0 Å². The van der Waals surface area contributed by atoms with Gasteiger partial charge in [0, 0.05) is 0 Å². The van der Waals surface area contributed by atoms with Gasteiger partial charge in [0.15, 0.2) is 11.5 Å². The molecule has 1 aromatic rings. The molecular weight excluding hydrogens is 180 g/mol. The summed E-state index contributed by atoms with van der Waals surface area (Å²) in [6.07, 6.45) is 0. The number of phenolic OH excluding ortho intramolecular Hbond substituents is 4. The number of rotatable bonds is 0. The lowest BCUT2D eigenvalue weighted by molar-refractivity contribution is -0.122. The van der Waals surface area contributed by atoms with Crippen LogP contribution < -0.4 is 0 Å². The Morgan fingerprint density at radius 3 is 1.38 bits per heavy atom. The molecule has 13 heavy (non-hydrogen) atoms. The second-order valence-electron chi connectivity index (χ2n) is 1.91. The maximum atomic E-state index is 8.73. The summed E-state index contributed by atoms with van der Waals surface area (Å²) >= 11 is 0. The fourth-order valence-corrected chi connectivity index (χ4v) is 0.558. The lowest BCUT2D eigenvalue weighted by Crippen LogP contribution is -1.71. The number of hydrogen-bond acceptors (Lipinski definition) is 5. The van der Waals surface area contributed by atoms with Crippen molar-refractivity contribution in [2.24, 2.45) is 0 Å². The molecule has 1 aromatic carbocycles. The monoisotopic (exact) mass is 188 g/mol. The molecule has 0 aliphatic carbocycles. The highest BCUT2D eigenvalue weighted by molar-refractivity contribution is 5.55. The summed E-state index contributed by atoms with van der Waals surface area (Å²) in [5.74, 6) is -2.34. The van der Waals surface area contributed by atoms with E-state index in [0.29, 0.717) is 0 Å². The summed E-state index contributed by atoms with van der Waals surface area (Å²) in [5, 5.41) is 41.8. The molecule has 0 saturated heterocycles. The van der Waals surface area contributed by atoms with E-state index in [1.165, 1.54) is 0 Å². The first-order chi connectivity index (χ1) is 6.04. The van der Waals surface area contributed by atoms with E-state index in [2.05, 4.69) is 0 Å². The molecule has 5 N–H and O–H groups in total. The molecule has 0 fully saturated rings. The summed E-state index contributed by atoms with van der Waals surface area (Å²) < 4.78 is 0. The maximum absolute atomic E-state index is 8.73. The molecule has 0 radical (unpaired) electrons. The van der Waals surface area contributed by atoms with Gasteiger partial charge in [0.05, 0.1) is 0 Å². The largest absolute Gasteiger partial charge is 0.504 e. The number of carbonyl (C=O) groups is 1. The van der Waals surface area contributed by atoms with Crippen LogP contribution in [0, 0.1) is 0 Å². The van der Waals surface area contributed by atoms with E-state index in [1.54, 1.807) is 0 Å². The Morgan fingerprint density at radius 2 is 1.15 bits per heavy atom. The molecule has 6 nitrogen and oxygen atoms in total. The molecule has 0 amide bonds. The van der Waals surface area contributed by atoms with Gasteiger partial charge in [0.1, 0.15) is 0 Å². The Hall–Kier alpha value is -2.11. The molecule has 1 rings (SSSR count). The average molecular weight is 188 g/mol. The highest BCUT2D eigenvalue weighted by Gasteiger charge is 2.08. The molecule has 0 atom stereocenters. The van der Waals surface area contributed by atoms with Crippen LogP contribution >= 0.6 is 0 Å². The third kappa shape index (κ3) is 2.78. The molecule has 0 aliphatic rings. The van der Waals surface area contributed by atoms with Gasteiger partial charge in [-0.1, -0.05) is 0 Å². The molecular formula is C7H8O6. The van der Waals surface area contributed by atoms with Crippen LogP contribution in [0.25, 0.3) is 0 Å². The first-order valence-electron chi connectivity index (χ1n) is 3.05. The van der Waals surface area contributed by atoms with Crippen molar-refractivity contribution in [2.75, 3.05) is 0 Å². The molecule has 0 saturated carbocycles. The smallest absolute Gasteiger partial charge is 0.290 e. The third-order valence-electron chi connectivity index (χ3n) is 1.11. The minimum Gasteiger partial charge on any atom is -0.504 e. The van der Waals surface area contributed by atoms with Crippen molar-refractivity contribution >= 4 is 6.47 Å². The molecule has 0 bridgehead atoms. The Balaban J connectivity index is 0.000000424. The number of benzene rings is 1. The van der Waals surface area contributed by atoms with E-state index in [0.717, 1.165) is 12.1 Å². The van der Waals surface area contributed by atoms with Crippen molar-refractivity contribution in [1.82, 2.24) is 0 Å². The molecule has 72 valence electrons. The van der Waals surface area contributed by atoms with Crippen molar-refractivity contribution in [3.05, 3.63) is 12.1 Å². The summed E-state index contributed by atoms with van der Waals surface area (Å²) in [6, 6.07) is 2.15. The predicted octanol–water partition coefficient (Wildman–Crippen LogP) is 0.210. The van der Waals surface area contributed by atoms with Crippen LogP contribution in [-0.2, 0) is 4.79 Å². The summed E-state index contributed by atoms with van der Waals surface area (Å²) in [5.41, 5.74) is 0. The van der Waals surface area contributed by atoms with Gasteiger partial charge < -0.3 is 25.5 Å². The van der Waals surface area contributed by atoms with Crippen LogP contribution in [0.3, 0.4) is 0 Å². The van der Waals surface area contributed by atoms with Crippen molar-refractivity contribution in [1.29, 1.82) is 0 Å². The topological polar surface area (TPSA) is 118 Å². The van der Waals surface area contributed by atoms with Gasteiger partial charge in [-0.25, -0.2) is 0 Å². The normalized spacial score (nSPS) is 8.31. The fraction of sp³-hybridized carbons (Fsp3) is 0. The van der Waals surface area contributed by atoms with E-state index < -0.39 is 23.0 Å². The summed E-state index contributed by atoms with van der Waals surface area (Å²) in [6.45, 7) is -0.250. The zero-order valence-electron chi connectivity index (χ0n) is 6.38. The quantitative estimate of drug-likeness (QED) is 0.225. The first-order valence-corrected chi connectivity index (χ1v) is 3.05. The lowest BCUT2D eigenvalue weighted by atomic mass is 10.3. The van der Waals surface area contributed by atoms with Gasteiger partial charge in [-0.15, -0.1) is 0 Å². The Morgan fingerprint density at radius 1 is 0.923 bits per heavy atom. The second-order valence-corrected chi connectivity index (χ2v) is 1.91. The van der Waals surface area contributed by atoms with E-state index in [4.69, 9.17) is 30.3 Å². The molecule has 0 aliphatic heterocycles. The van der Waals surface area contributed by atoms with Crippen molar-refractivity contribution in [2.45, 2.75) is 0 Å². The van der Waals surface area contributed by atoms with Crippen LogP contribution in [0.4, 0.5) is 0 Å². The van der Waals surface area contributed by atoms with Crippen LogP contribution in [-0.4, -0.2) is 32.0 Å². The van der Waals surface area contributed by atoms with Gasteiger partial charge in [-0.05, 0) is 12.1 Å². The van der Waals surface area contributed by atoms with E-state index in [1.807, 2.05) is 0 Å². The number of phenols is 4. The second kappa shape index (κ2) is 4.70. The fourth-order valence-electron chi connectivity index (χ4n) is 0.558. The van der Waals surface area contributed by atoms with Crippen LogP contribution in [0.2, 0.25) is 0 Å². The van der Waals surface area contributed by atoms with Crippen molar-refractivity contribution in [3.63, 3.8) is 0 Å². The number of aromatic hydroxyl groups is 4. The highest BCUT2D eigenvalue weighted by atomic mass is 16.3. The third-order valence-corrected chi connectivity index (χ3v) is 1.11. The number of hydrogen-bond donors (Lipinski definition) is 5. The average Bonchev–Trinajstić information content (AvgIpc) is 2.10. The minimum atomic E-state index is -0.708. The SMILES string of the molecule is O=CO.Oc1ccc(O)c(O)c1O. The Bertz CT molecular complexity index is 268. The minimum absolute atomic E-state index is 0.250. The van der Waals surface area contributed by atoms with E-state index in [9.17, 15) is 0 Å². The molecule has 0 aromatic heterocycles. The molecule has 0 unspecified atom stereocenters. The molecule has 0 spiro atoms. The Labute approximate surface area is 72.9 Å². The predicted molar refractivity (Wildman–Crippen MR) is 41.8 cm³/mol. The Kier molecular flexibility index (Phi) is 3.94. The van der Waals surface area contributed by atoms with Gasteiger partial charge >= 0.3 is 0 Å². The van der Waals surface area contributed by atoms with Crippen LogP contribution in [0.5, 0.6) is 23.0 Å². The highest BCUT2D eigenvalue weighted by Crippen LogP contribution is 2.40. The van der Waals surface area contributed by atoms with Gasteiger partial charge in [0.2, 0.25) is 11.5 Å². The summed E-state index contributed by atoms with van der Waals surface area (Å²) in [7, 11) is 0. The summed E-state index contributed by atoms with van der Waals surface area (Å²) in [4.78, 5) is 8.36.